The van der Waals surface area contributed by atoms with Crippen LogP contribution in [0, 0.1) is 5.82 Å². The zero-order chi connectivity index (χ0) is 10.8. The van der Waals surface area contributed by atoms with E-state index >= 15 is 0 Å². The summed E-state index contributed by atoms with van der Waals surface area (Å²) in [6.45, 7) is 1.96. The van der Waals surface area contributed by atoms with Gasteiger partial charge in [-0.05, 0) is 25.1 Å². The third-order valence-electron chi connectivity index (χ3n) is 1.99. The molecular weight excluding hydrogens is 261 g/mol. The lowest BCUT2D eigenvalue weighted by Gasteiger charge is -1.99. The molecule has 0 aliphatic rings. The molecule has 0 aliphatic heterocycles. The first kappa shape index (κ1) is 10.3. The molecule has 0 saturated carbocycles. The first-order chi connectivity index (χ1) is 7.16. The van der Waals surface area contributed by atoms with E-state index in [1.54, 1.807) is 23.0 Å². The van der Waals surface area contributed by atoms with Crippen LogP contribution in [0.5, 0.6) is 0 Å². The monoisotopic (exact) mass is 269 g/mol. The van der Waals surface area contributed by atoms with Crippen molar-refractivity contribution < 1.29 is 4.39 Å². The Morgan fingerprint density at radius 2 is 2.27 bits per heavy atom. The summed E-state index contributed by atoms with van der Waals surface area (Å²) in [5, 5.41) is 7.88. The van der Waals surface area contributed by atoms with Gasteiger partial charge < -0.3 is 0 Å². The number of benzene rings is 1. The molecule has 3 nitrogen and oxygen atoms in total. The highest BCUT2D eigenvalue weighted by atomic mass is 79.9. The molecule has 0 amide bonds. The van der Waals surface area contributed by atoms with Gasteiger partial charge in [0.05, 0.1) is 22.4 Å². The summed E-state index contributed by atoms with van der Waals surface area (Å²) in [5.41, 5.74) is 1.49. The zero-order valence-electron chi connectivity index (χ0n) is 8.06. The van der Waals surface area contributed by atoms with Crippen LogP contribution < -0.4 is 0 Å². The van der Waals surface area contributed by atoms with E-state index in [1.165, 1.54) is 12.1 Å². The molecular formula is C10H9BrFN3. The van der Waals surface area contributed by atoms with Crippen molar-refractivity contribution in [2.45, 2.75) is 11.8 Å². The normalized spacial score (nSPS) is 12.7. The molecule has 5 heteroatoms. The molecule has 1 aromatic carbocycles. The summed E-state index contributed by atoms with van der Waals surface area (Å²) in [6.07, 6.45) is 1.77. The average molecular weight is 270 g/mol. The van der Waals surface area contributed by atoms with Crippen LogP contribution in [-0.4, -0.2) is 15.0 Å². The molecule has 0 aliphatic carbocycles. The number of halogens is 2. The van der Waals surface area contributed by atoms with Crippen LogP contribution in [-0.2, 0) is 0 Å². The van der Waals surface area contributed by atoms with Gasteiger partial charge in [0.1, 0.15) is 5.82 Å². The van der Waals surface area contributed by atoms with Crippen molar-refractivity contribution in [2.75, 3.05) is 0 Å². The largest absolute Gasteiger partial charge is 0.220 e. The van der Waals surface area contributed by atoms with Crippen molar-refractivity contribution in [1.29, 1.82) is 0 Å². The highest BCUT2D eigenvalue weighted by Gasteiger charge is 2.07. The lowest BCUT2D eigenvalue weighted by Crippen LogP contribution is -1.94. The van der Waals surface area contributed by atoms with Gasteiger partial charge in [-0.25, -0.2) is 9.07 Å². The molecule has 0 N–H and O–H groups in total. The SMILES string of the molecule is CC(Br)c1cn(-c2cccc(F)c2)nn1. The van der Waals surface area contributed by atoms with Gasteiger partial charge in [0.15, 0.2) is 0 Å². The maximum absolute atomic E-state index is 12.9. The Kier molecular flexibility index (Phi) is 2.81. The Morgan fingerprint density at radius 1 is 1.47 bits per heavy atom. The third kappa shape index (κ3) is 2.23. The minimum Gasteiger partial charge on any atom is -0.220 e. The standard InChI is InChI=1S/C10H9BrFN3/c1-7(11)10-6-15(14-13-10)9-4-2-3-8(12)5-9/h2-7H,1H3. The predicted octanol–water partition coefficient (Wildman–Crippen LogP) is 2.86. The van der Waals surface area contributed by atoms with Crippen LogP contribution in [0.1, 0.15) is 17.4 Å². The molecule has 0 spiro atoms. The number of nitrogens with zero attached hydrogens (tertiary/aromatic N) is 3. The zero-order valence-corrected chi connectivity index (χ0v) is 9.65. The van der Waals surface area contributed by atoms with E-state index in [1.807, 2.05) is 6.92 Å². The Bertz CT molecular complexity index is 467. The van der Waals surface area contributed by atoms with E-state index in [4.69, 9.17) is 0 Å². The average Bonchev–Trinajstić information content (AvgIpc) is 2.66. The maximum atomic E-state index is 12.9. The van der Waals surface area contributed by atoms with Crippen LogP contribution >= 0.6 is 15.9 Å². The van der Waals surface area contributed by atoms with Gasteiger partial charge in [0.2, 0.25) is 0 Å². The van der Waals surface area contributed by atoms with E-state index in [9.17, 15) is 4.39 Å². The lowest BCUT2D eigenvalue weighted by atomic mass is 10.3. The molecule has 0 saturated heterocycles. The highest BCUT2D eigenvalue weighted by Crippen LogP contribution is 2.19. The second kappa shape index (κ2) is 4.10. The Hall–Kier alpha value is -1.23. The number of aromatic nitrogens is 3. The van der Waals surface area contributed by atoms with Crippen LogP contribution in [0.2, 0.25) is 0 Å². The van der Waals surface area contributed by atoms with Crippen molar-refractivity contribution in [3.63, 3.8) is 0 Å². The smallest absolute Gasteiger partial charge is 0.125 e. The summed E-state index contributed by atoms with van der Waals surface area (Å²) in [5.74, 6) is -0.281. The van der Waals surface area contributed by atoms with Crippen molar-refractivity contribution in [1.82, 2.24) is 15.0 Å². The Morgan fingerprint density at radius 3 is 2.87 bits per heavy atom. The fraction of sp³-hybridized carbons (Fsp3) is 0.200. The molecule has 78 valence electrons. The molecule has 2 rings (SSSR count). The second-order valence-corrected chi connectivity index (χ2v) is 4.56. The summed E-state index contributed by atoms with van der Waals surface area (Å²) >= 11 is 3.39. The van der Waals surface area contributed by atoms with Gasteiger partial charge in [-0.15, -0.1) is 5.10 Å². The van der Waals surface area contributed by atoms with Crippen molar-refractivity contribution in [2.24, 2.45) is 0 Å². The molecule has 0 radical (unpaired) electrons. The summed E-state index contributed by atoms with van der Waals surface area (Å²) in [7, 11) is 0. The van der Waals surface area contributed by atoms with Crippen LogP contribution in [0.4, 0.5) is 4.39 Å². The molecule has 15 heavy (non-hydrogen) atoms. The van der Waals surface area contributed by atoms with Crippen molar-refractivity contribution >= 4 is 15.9 Å². The van der Waals surface area contributed by atoms with Crippen molar-refractivity contribution in [3.8, 4) is 5.69 Å². The molecule has 2 aromatic rings. The Labute approximate surface area is 95.0 Å². The van der Waals surface area contributed by atoms with Crippen LogP contribution in [0.3, 0.4) is 0 Å². The van der Waals surface area contributed by atoms with E-state index in [0.29, 0.717) is 5.69 Å². The molecule has 1 heterocycles. The summed E-state index contributed by atoms with van der Waals surface area (Å²) in [6, 6.07) is 6.23. The summed E-state index contributed by atoms with van der Waals surface area (Å²) < 4.78 is 14.5. The number of hydrogen-bond acceptors (Lipinski definition) is 2. The van der Waals surface area contributed by atoms with Gasteiger partial charge >= 0.3 is 0 Å². The van der Waals surface area contributed by atoms with E-state index in [-0.39, 0.29) is 10.6 Å². The molecule has 1 aromatic heterocycles. The number of hydrogen-bond donors (Lipinski definition) is 0. The second-order valence-electron chi connectivity index (χ2n) is 3.18. The minimum atomic E-state index is -0.281. The third-order valence-corrected chi connectivity index (χ3v) is 2.46. The minimum absolute atomic E-state index is 0.139. The van der Waals surface area contributed by atoms with E-state index < -0.39 is 0 Å². The van der Waals surface area contributed by atoms with Gasteiger partial charge in [-0.3, -0.25) is 0 Å². The topological polar surface area (TPSA) is 30.7 Å². The van der Waals surface area contributed by atoms with E-state index in [0.717, 1.165) is 5.69 Å². The van der Waals surface area contributed by atoms with Gasteiger partial charge in [-0.1, -0.05) is 27.2 Å². The first-order valence-electron chi connectivity index (χ1n) is 4.49. The maximum Gasteiger partial charge on any atom is 0.125 e. The fourth-order valence-electron chi connectivity index (χ4n) is 1.20. The van der Waals surface area contributed by atoms with Gasteiger partial charge in [0, 0.05) is 0 Å². The van der Waals surface area contributed by atoms with Gasteiger partial charge in [-0.2, -0.15) is 0 Å². The highest BCUT2D eigenvalue weighted by molar-refractivity contribution is 9.09. The number of alkyl halides is 1. The first-order valence-corrected chi connectivity index (χ1v) is 5.40. The van der Waals surface area contributed by atoms with Crippen LogP contribution in [0.15, 0.2) is 30.5 Å². The molecule has 0 fully saturated rings. The van der Waals surface area contributed by atoms with E-state index in [2.05, 4.69) is 26.2 Å². The molecule has 1 atom stereocenters. The van der Waals surface area contributed by atoms with Gasteiger partial charge in [0.25, 0.3) is 0 Å². The summed E-state index contributed by atoms with van der Waals surface area (Å²) in [4.78, 5) is 0.139. The predicted molar refractivity (Wildman–Crippen MR) is 58.7 cm³/mol. The fourth-order valence-corrected chi connectivity index (χ4v) is 1.41. The van der Waals surface area contributed by atoms with Crippen LogP contribution in [0.25, 0.3) is 5.69 Å². The van der Waals surface area contributed by atoms with Crippen molar-refractivity contribution in [3.05, 3.63) is 42.0 Å². The molecule has 0 bridgehead atoms. The Balaban J connectivity index is 2.37. The number of rotatable bonds is 2. The lowest BCUT2D eigenvalue weighted by molar-refractivity contribution is 0.625. The quantitative estimate of drug-likeness (QED) is 0.785. The molecule has 1 unspecified atom stereocenters.